The van der Waals surface area contributed by atoms with Crippen LogP contribution < -0.4 is 5.32 Å². The van der Waals surface area contributed by atoms with Crippen molar-refractivity contribution >= 4 is 5.96 Å². The van der Waals surface area contributed by atoms with E-state index in [9.17, 15) is 0 Å². The van der Waals surface area contributed by atoms with Crippen molar-refractivity contribution in [2.75, 3.05) is 26.7 Å². The van der Waals surface area contributed by atoms with Crippen molar-refractivity contribution in [2.45, 2.75) is 39.0 Å². The van der Waals surface area contributed by atoms with Gasteiger partial charge in [-0.05, 0) is 38.3 Å². The highest BCUT2D eigenvalue weighted by Crippen LogP contribution is 2.14. The number of aliphatic imine (C=N–C) groups is 1. The Bertz CT molecular complexity index is 661. The van der Waals surface area contributed by atoms with Gasteiger partial charge < -0.3 is 14.6 Å². The first kappa shape index (κ1) is 19.8. The maximum absolute atomic E-state index is 5.31. The van der Waals surface area contributed by atoms with E-state index in [0.29, 0.717) is 24.6 Å². The van der Waals surface area contributed by atoms with Crippen LogP contribution in [0.4, 0.5) is 0 Å². The molecule has 2 aromatic rings. The second kappa shape index (κ2) is 11.1. The van der Waals surface area contributed by atoms with Gasteiger partial charge in [0.2, 0.25) is 5.82 Å². The number of rotatable bonds is 11. The summed E-state index contributed by atoms with van der Waals surface area (Å²) in [5, 5.41) is 10.5. The van der Waals surface area contributed by atoms with E-state index in [4.69, 9.17) is 9.41 Å². The second-order valence-electron chi connectivity index (χ2n) is 6.13. The molecule has 0 spiro atoms. The highest BCUT2D eigenvalue weighted by Gasteiger charge is 2.09. The van der Waals surface area contributed by atoms with Crippen LogP contribution in [-0.2, 0) is 6.42 Å². The molecule has 0 radical (unpaired) electrons. The SMILES string of the molecule is C=CCCCCCN(C)C(=NCCc1nc(-c2ccco2)n[nH]1)NCC. The Balaban J connectivity index is 1.81. The van der Waals surface area contributed by atoms with Crippen molar-refractivity contribution in [3.8, 4) is 11.6 Å². The number of nitrogens with zero attached hydrogens (tertiary/aromatic N) is 4. The minimum Gasteiger partial charge on any atom is -0.461 e. The minimum absolute atomic E-state index is 0.581. The Morgan fingerprint density at radius 1 is 1.42 bits per heavy atom. The molecule has 0 saturated carbocycles. The van der Waals surface area contributed by atoms with Crippen molar-refractivity contribution in [3.63, 3.8) is 0 Å². The Kier molecular flexibility index (Phi) is 8.45. The summed E-state index contributed by atoms with van der Waals surface area (Å²) in [7, 11) is 2.08. The smallest absolute Gasteiger partial charge is 0.216 e. The van der Waals surface area contributed by atoms with Gasteiger partial charge in [-0.2, -0.15) is 5.10 Å². The van der Waals surface area contributed by atoms with Gasteiger partial charge in [-0.25, -0.2) is 4.98 Å². The minimum atomic E-state index is 0.581. The number of allylic oxidation sites excluding steroid dienone is 1. The predicted molar refractivity (Wildman–Crippen MR) is 105 cm³/mol. The third-order valence-corrected chi connectivity index (χ3v) is 3.98. The Morgan fingerprint density at radius 3 is 3.04 bits per heavy atom. The van der Waals surface area contributed by atoms with Crippen molar-refractivity contribution < 1.29 is 4.42 Å². The lowest BCUT2D eigenvalue weighted by atomic mass is 10.2. The number of H-pyrrole nitrogens is 1. The van der Waals surface area contributed by atoms with Crippen molar-refractivity contribution in [3.05, 3.63) is 36.9 Å². The van der Waals surface area contributed by atoms with Crippen LogP contribution in [0, 0.1) is 0 Å². The van der Waals surface area contributed by atoms with Gasteiger partial charge in [-0.3, -0.25) is 10.1 Å². The molecule has 0 saturated heterocycles. The van der Waals surface area contributed by atoms with E-state index < -0.39 is 0 Å². The Hall–Kier alpha value is -2.57. The molecular weight excluding hydrogens is 328 g/mol. The normalized spacial score (nSPS) is 11.5. The number of unbranched alkanes of at least 4 members (excludes halogenated alkanes) is 3. The predicted octanol–water partition coefficient (Wildman–Crippen LogP) is 3.25. The van der Waals surface area contributed by atoms with Gasteiger partial charge in [0.05, 0.1) is 6.26 Å². The topological polar surface area (TPSA) is 82.3 Å². The molecule has 0 fully saturated rings. The molecule has 0 unspecified atom stereocenters. The molecule has 0 atom stereocenters. The van der Waals surface area contributed by atoms with E-state index in [1.54, 1.807) is 6.26 Å². The molecule has 2 rings (SSSR count). The van der Waals surface area contributed by atoms with Gasteiger partial charge in [0.1, 0.15) is 5.82 Å². The molecule has 0 bridgehead atoms. The van der Waals surface area contributed by atoms with Gasteiger partial charge in [0.15, 0.2) is 11.7 Å². The van der Waals surface area contributed by atoms with Gasteiger partial charge >= 0.3 is 0 Å². The molecule has 7 heteroatoms. The van der Waals surface area contributed by atoms with Crippen molar-refractivity contribution in [1.29, 1.82) is 0 Å². The average molecular weight is 358 g/mol. The van der Waals surface area contributed by atoms with Gasteiger partial charge in [-0.15, -0.1) is 6.58 Å². The van der Waals surface area contributed by atoms with E-state index in [-0.39, 0.29) is 0 Å². The third kappa shape index (κ3) is 6.38. The lowest BCUT2D eigenvalue weighted by Crippen LogP contribution is -2.39. The number of furan rings is 1. The molecule has 0 aliphatic heterocycles. The van der Waals surface area contributed by atoms with Crippen LogP contribution in [-0.4, -0.2) is 52.7 Å². The van der Waals surface area contributed by atoms with E-state index in [0.717, 1.165) is 37.7 Å². The number of nitrogens with one attached hydrogen (secondary N) is 2. The summed E-state index contributed by atoms with van der Waals surface area (Å²) in [6, 6.07) is 3.67. The molecule has 7 nitrogen and oxygen atoms in total. The maximum atomic E-state index is 5.31. The monoisotopic (exact) mass is 358 g/mol. The average Bonchev–Trinajstić information content (AvgIpc) is 3.32. The van der Waals surface area contributed by atoms with Gasteiger partial charge in [0, 0.05) is 33.1 Å². The zero-order valence-corrected chi connectivity index (χ0v) is 15.9. The summed E-state index contributed by atoms with van der Waals surface area (Å²) in [4.78, 5) is 11.3. The number of hydrogen-bond acceptors (Lipinski definition) is 4. The fourth-order valence-corrected chi connectivity index (χ4v) is 2.58. The molecule has 0 aliphatic rings. The zero-order chi connectivity index (χ0) is 18.6. The van der Waals surface area contributed by atoms with Crippen LogP contribution in [0.1, 0.15) is 38.4 Å². The van der Waals surface area contributed by atoms with E-state index in [1.807, 2.05) is 18.2 Å². The second-order valence-corrected chi connectivity index (χ2v) is 6.13. The summed E-state index contributed by atoms with van der Waals surface area (Å²) in [5.74, 6) is 2.99. The van der Waals surface area contributed by atoms with Gasteiger partial charge in [0.25, 0.3) is 0 Å². The number of aromatic nitrogens is 3. The zero-order valence-electron chi connectivity index (χ0n) is 15.9. The van der Waals surface area contributed by atoms with Crippen LogP contribution >= 0.6 is 0 Å². The number of hydrogen-bond donors (Lipinski definition) is 2. The highest BCUT2D eigenvalue weighted by molar-refractivity contribution is 5.79. The molecule has 0 aliphatic carbocycles. The Labute approximate surface area is 155 Å². The van der Waals surface area contributed by atoms with Crippen molar-refractivity contribution in [1.82, 2.24) is 25.4 Å². The maximum Gasteiger partial charge on any atom is 0.216 e. The molecule has 2 heterocycles. The van der Waals surface area contributed by atoms with E-state index in [2.05, 4.69) is 45.9 Å². The lowest BCUT2D eigenvalue weighted by Gasteiger charge is -2.22. The first-order valence-electron chi connectivity index (χ1n) is 9.30. The highest BCUT2D eigenvalue weighted by atomic mass is 16.3. The summed E-state index contributed by atoms with van der Waals surface area (Å²) in [6.45, 7) is 8.34. The molecule has 2 N–H and O–H groups in total. The van der Waals surface area contributed by atoms with Crippen LogP contribution in [0.5, 0.6) is 0 Å². The third-order valence-electron chi connectivity index (χ3n) is 3.98. The number of guanidine groups is 1. The molecule has 0 aromatic carbocycles. The first-order chi connectivity index (χ1) is 12.7. The molecular formula is C19H30N6O. The van der Waals surface area contributed by atoms with E-state index in [1.165, 1.54) is 12.8 Å². The fourth-order valence-electron chi connectivity index (χ4n) is 2.58. The number of aromatic amines is 1. The quantitative estimate of drug-likeness (QED) is 0.279. The van der Waals surface area contributed by atoms with Crippen LogP contribution in [0.15, 0.2) is 40.5 Å². The molecule has 0 amide bonds. The Morgan fingerprint density at radius 2 is 2.31 bits per heavy atom. The standard InChI is InChI=1S/C19H30N6O/c1-4-6-7-8-9-14-25(3)19(20-5-2)21-13-12-17-22-18(24-23-17)16-11-10-15-26-16/h4,10-11,15H,1,5-9,12-14H2,2-3H3,(H,20,21)(H,22,23,24). The largest absolute Gasteiger partial charge is 0.461 e. The molecule has 2 aromatic heterocycles. The van der Waals surface area contributed by atoms with Crippen molar-refractivity contribution in [2.24, 2.45) is 4.99 Å². The molecule has 142 valence electrons. The summed E-state index contributed by atoms with van der Waals surface area (Å²) < 4.78 is 5.31. The van der Waals surface area contributed by atoms with Crippen LogP contribution in [0.3, 0.4) is 0 Å². The van der Waals surface area contributed by atoms with Crippen LogP contribution in [0.2, 0.25) is 0 Å². The molecule has 26 heavy (non-hydrogen) atoms. The lowest BCUT2D eigenvalue weighted by molar-refractivity contribution is 0.455. The van der Waals surface area contributed by atoms with Gasteiger partial charge in [-0.1, -0.05) is 12.5 Å². The fraction of sp³-hybridized carbons (Fsp3) is 0.526. The summed E-state index contributed by atoms with van der Waals surface area (Å²) in [5.41, 5.74) is 0. The van der Waals surface area contributed by atoms with E-state index >= 15 is 0 Å². The van der Waals surface area contributed by atoms with Crippen LogP contribution in [0.25, 0.3) is 11.6 Å². The summed E-state index contributed by atoms with van der Waals surface area (Å²) >= 11 is 0. The summed E-state index contributed by atoms with van der Waals surface area (Å²) in [6.07, 6.45) is 8.97. The first-order valence-corrected chi connectivity index (χ1v) is 9.30.